The maximum Gasteiger partial charge on any atom is 0.309 e. The Hall–Kier alpha value is -3.30. The highest BCUT2D eigenvalue weighted by molar-refractivity contribution is 6.76. The van der Waals surface area contributed by atoms with Crippen LogP contribution >= 0.6 is 34.8 Å². The maximum atomic E-state index is 13.6. The largest absolute Gasteiger partial charge is 0.456 e. The first-order chi connectivity index (χ1) is 28.7. The molecule has 0 aliphatic carbocycles. The minimum atomic E-state index is -2.29. The number of hydrogen-bond acceptors (Lipinski definition) is 12. The molecule has 3 aromatic carbocycles. The highest BCUT2D eigenvalue weighted by Gasteiger charge is 2.56. The number of alkyl halides is 3. The molecule has 2 aliphatic heterocycles. The van der Waals surface area contributed by atoms with E-state index in [0.717, 1.165) is 16.7 Å². The third-order valence-electron chi connectivity index (χ3n) is 10.6. The zero-order chi connectivity index (χ0) is 43.4. The van der Waals surface area contributed by atoms with Gasteiger partial charge in [-0.1, -0.05) is 153 Å². The van der Waals surface area contributed by atoms with Gasteiger partial charge in [0.1, 0.15) is 24.4 Å². The predicted molar refractivity (Wildman–Crippen MR) is 226 cm³/mol. The number of carbonyl (C=O) groups excluding carboxylic acids is 2. The number of carbonyl (C=O) groups is 2. The van der Waals surface area contributed by atoms with Crippen LogP contribution < -0.4 is 0 Å². The first-order valence-electron chi connectivity index (χ1n) is 20.4. The zero-order valence-electron chi connectivity index (χ0n) is 34.7. The van der Waals surface area contributed by atoms with E-state index in [1.807, 2.05) is 112 Å². The van der Waals surface area contributed by atoms with Crippen molar-refractivity contribution >= 4 is 52.6 Å². The van der Waals surface area contributed by atoms with Crippen LogP contribution in [0.25, 0.3) is 0 Å². The van der Waals surface area contributed by atoms with Crippen LogP contribution in [-0.2, 0) is 72.0 Å². The molecule has 2 saturated heterocycles. The molecule has 15 heteroatoms. The van der Waals surface area contributed by atoms with E-state index in [2.05, 4.69) is 0 Å². The summed E-state index contributed by atoms with van der Waals surface area (Å²) >= 11 is 18.1. The van der Waals surface area contributed by atoms with Crippen LogP contribution in [0.3, 0.4) is 0 Å². The second-order valence-corrected chi connectivity index (χ2v) is 17.5. The molecule has 0 spiro atoms. The van der Waals surface area contributed by atoms with Crippen LogP contribution in [0.5, 0.6) is 0 Å². The monoisotopic (exact) mass is 891 g/mol. The lowest BCUT2D eigenvalue weighted by Crippen LogP contribution is -2.66. The fourth-order valence-corrected chi connectivity index (χ4v) is 6.79. The summed E-state index contributed by atoms with van der Waals surface area (Å²) in [5.74, 6) is -2.99. The molecule has 3 aromatic rings. The summed E-state index contributed by atoms with van der Waals surface area (Å²) < 4.78 is 55.7. The van der Waals surface area contributed by atoms with Gasteiger partial charge >= 0.3 is 11.9 Å². The Morgan fingerprint density at radius 1 is 0.583 bits per heavy atom. The van der Waals surface area contributed by atoms with E-state index in [1.165, 1.54) is 0 Å². The Labute approximate surface area is 367 Å². The molecule has 12 nitrogen and oxygen atoms in total. The van der Waals surface area contributed by atoms with E-state index in [-0.39, 0.29) is 19.8 Å². The van der Waals surface area contributed by atoms with Gasteiger partial charge in [0, 0.05) is 0 Å². The quantitative estimate of drug-likeness (QED) is 0.0567. The summed E-state index contributed by atoms with van der Waals surface area (Å²) in [6.45, 7) is 11.2. The lowest BCUT2D eigenvalue weighted by Gasteiger charge is -2.49. The van der Waals surface area contributed by atoms with Gasteiger partial charge < -0.3 is 42.6 Å². The van der Waals surface area contributed by atoms with Crippen LogP contribution in [0.2, 0.25) is 0 Å². The molecule has 60 heavy (non-hydrogen) atoms. The number of rotatable bonds is 18. The number of nitrogens with one attached hydrogen (secondary N) is 1. The summed E-state index contributed by atoms with van der Waals surface area (Å²) in [4.78, 5) is 27.2. The fraction of sp³-hybridized carbons (Fsp3) is 0.533. The van der Waals surface area contributed by atoms with Gasteiger partial charge in [-0.05, 0) is 43.4 Å². The van der Waals surface area contributed by atoms with Crippen LogP contribution in [0.4, 0.5) is 0 Å². The summed E-state index contributed by atoms with van der Waals surface area (Å²) in [7, 11) is 0. The summed E-state index contributed by atoms with van der Waals surface area (Å²) in [5.41, 5.74) is 2.74. The Kier molecular flexibility index (Phi) is 18.1. The van der Waals surface area contributed by atoms with E-state index in [0.29, 0.717) is 12.8 Å². The third-order valence-corrected chi connectivity index (χ3v) is 11.1. The van der Waals surface area contributed by atoms with E-state index in [4.69, 9.17) is 82.8 Å². The van der Waals surface area contributed by atoms with E-state index in [9.17, 15) is 9.59 Å². The number of esters is 2. The van der Waals surface area contributed by atoms with Crippen molar-refractivity contribution in [2.45, 2.75) is 139 Å². The molecule has 5 rings (SSSR count). The molecule has 2 fully saturated rings. The lowest BCUT2D eigenvalue weighted by atomic mass is 9.96. The standard InChI is InChI=1S/C45H56Cl3NO11/c1-7-27(3)40(50)57-35-30(6)56-43(60-44(49)45(46,47)48)39(58-41(51)28(4)8-2)37(35)59-42-38(54-26-33-22-16-11-17-23-33)36(53-25-32-20-14-10-15-21-32)34(29(5)55-42)52-24-31-18-12-9-13-19-31/h9-23,27-30,34-39,42-43,49H,7-8,24-26H2,1-6H3/t27-,28-,29-,30-,34-,35-,36+,37+,38+,39+,42-,43-/m0/s1. The summed E-state index contributed by atoms with van der Waals surface area (Å²) in [6, 6.07) is 29.1. The highest BCUT2D eigenvalue weighted by atomic mass is 35.6. The molecule has 2 aliphatic rings. The van der Waals surface area contributed by atoms with Gasteiger partial charge in [-0.2, -0.15) is 0 Å². The first kappa shape index (κ1) is 47.7. The maximum absolute atomic E-state index is 13.6. The van der Waals surface area contributed by atoms with E-state index < -0.39 is 94.9 Å². The second kappa shape index (κ2) is 22.7. The smallest absolute Gasteiger partial charge is 0.309 e. The van der Waals surface area contributed by atoms with Gasteiger partial charge in [0.15, 0.2) is 18.5 Å². The topological polar surface area (TPSA) is 141 Å². The molecule has 12 atom stereocenters. The molecule has 1 N–H and O–H groups in total. The van der Waals surface area contributed by atoms with Crippen LogP contribution in [0.15, 0.2) is 91.0 Å². The van der Waals surface area contributed by atoms with Crippen molar-refractivity contribution in [3.05, 3.63) is 108 Å². The second-order valence-electron chi connectivity index (χ2n) is 15.2. The van der Waals surface area contributed by atoms with Crippen molar-refractivity contribution in [2.75, 3.05) is 0 Å². The van der Waals surface area contributed by atoms with Gasteiger partial charge in [0.05, 0.1) is 43.9 Å². The summed E-state index contributed by atoms with van der Waals surface area (Å²) in [5, 5.41) is 8.42. The molecule has 0 amide bonds. The van der Waals surface area contributed by atoms with Crippen molar-refractivity contribution in [1.29, 1.82) is 5.41 Å². The third kappa shape index (κ3) is 13.1. The molecule has 0 aromatic heterocycles. The van der Waals surface area contributed by atoms with Crippen LogP contribution in [-0.4, -0.2) is 83.0 Å². The van der Waals surface area contributed by atoms with Gasteiger partial charge in [-0.15, -0.1) is 0 Å². The molecular weight excluding hydrogens is 837 g/mol. The molecule has 0 radical (unpaired) electrons. The molecule has 2 heterocycles. The Balaban J connectivity index is 1.59. The molecule has 328 valence electrons. The van der Waals surface area contributed by atoms with E-state index >= 15 is 0 Å². The van der Waals surface area contributed by atoms with Gasteiger partial charge in [0.2, 0.25) is 12.2 Å². The van der Waals surface area contributed by atoms with Crippen molar-refractivity contribution in [3.8, 4) is 0 Å². The van der Waals surface area contributed by atoms with Crippen LogP contribution in [0.1, 0.15) is 71.1 Å². The van der Waals surface area contributed by atoms with Crippen molar-refractivity contribution in [3.63, 3.8) is 0 Å². The molecule has 0 bridgehead atoms. The van der Waals surface area contributed by atoms with Gasteiger partial charge in [-0.3, -0.25) is 15.0 Å². The fourth-order valence-electron chi connectivity index (χ4n) is 6.66. The number of halogens is 3. The average molecular weight is 893 g/mol. The summed E-state index contributed by atoms with van der Waals surface area (Å²) in [6.07, 6.45) is -9.91. The average Bonchev–Trinajstić information content (AvgIpc) is 3.24. The minimum absolute atomic E-state index is 0.134. The van der Waals surface area contributed by atoms with Crippen molar-refractivity contribution in [2.24, 2.45) is 11.8 Å². The Bertz CT molecular complexity index is 1790. The predicted octanol–water partition coefficient (Wildman–Crippen LogP) is 8.90. The first-order valence-corrected chi connectivity index (χ1v) is 21.5. The normalized spacial score (nSPS) is 27.9. The number of benzene rings is 3. The minimum Gasteiger partial charge on any atom is -0.456 e. The Morgan fingerprint density at radius 2 is 0.983 bits per heavy atom. The van der Waals surface area contributed by atoms with Crippen molar-refractivity contribution in [1.82, 2.24) is 0 Å². The Morgan fingerprint density at radius 3 is 1.43 bits per heavy atom. The van der Waals surface area contributed by atoms with Crippen LogP contribution in [0, 0.1) is 17.2 Å². The number of ether oxygens (including phenoxy) is 9. The van der Waals surface area contributed by atoms with Gasteiger partial charge in [-0.25, -0.2) is 0 Å². The van der Waals surface area contributed by atoms with E-state index in [1.54, 1.807) is 20.8 Å². The van der Waals surface area contributed by atoms with Gasteiger partial charge in [0.25, 0.3) is 3.79 Å². The highest BCUT2D eigenvalue weighted by Crippen LogP contribution is 2.38. The number of hydrogen-bond donors (Lipinski definition) is 1. The molecule has 0 unspecified atom stereocenters. The molecule has 0 saturated carbocycles. The lowest BCUT2D eigenvalue weighted by molar-refractivity contribution is -0.361. The van der Waals surface area contributed by atoms with Crippen molar-refractivity contribution < 1.29 is 52.2 Å². The molecular formula is C45H56Cl3NO11. The SMILES string of the molecule is CC[C@H](C)C(=O)O[C@@H]1[C@@H](O[C@@H]2O[C@@H](C)[C@H](OCc3ccccc3)[C@@H](OCc3ccccc3)[C@H]2OCc2ccccc2)[C@@H](OC(=O)[C@@H](C)CC)[C@H](OC(=N)C(Cl)(Cl)Cl)O[C@H]1C. The zero-order valence-corrected chi connectivity index (χ0v) is 37.0.